The molecule has 7 nitrogen and oxygen atoms in total. The molecule has 0 aliphatic carbocycles. The van der Waals surface area contributed by atoms with Crippen LogP contribution in [-0.2, 0) is 4.74 Å². The second kappa shape index (κ2) is 7.48. The number of nitrogens with zero attached hydrogens (tertiary/aromatic N) is 3. The Morgan fingerprint density at radius 1 is 1.27 bits per heavy atom. The second-order valence-corrected chi connectivity index (χ2v) is 8.14. The van der Waals surface area contributed by atoms with Crippen LogP contribution in [0.25, 0.3) is 0 Å². The highest BCUT2D eigenvalue weighted by Crippen LogP contribution is 2.30. The van der Waals surface area contributed by atoms with Crippen LogP contribution in [0.2, 0.25) is 0 Å². The molecule has 1 aromatic heterocycles. The van der Waals surface area contributed by atoms with Crippen LogP contribution in [0, 0.1) is 19.3 Å². The number of carbonyl (C=O) groups excluding carboxylic acids is 1. The molecule has 2 aliphatic rings. The summed E-state index contributed by atoms with van der Waals surface area (Å²) in [6.07, 6.45) is 2.13. The van der Waals surface area contributed by atoms with E-state index in [4.69, 9.17) is 4.74 Å². The molecular formula is C19H31N5O2. The lowest BCUT2D eigenvalue weighted by molar-refractivity contribution is -0.0156. The highest BCUT2D eigenvalue weighted by atomic mass is 16.5. The smallest absolute Gasteiger partial charge is 0.288 e. The Labute approximate surface area is 155 Å². The summed E-state index contributed by atoms with van der Waals surface area (Å²) < 4.78 is 5.64. The average Bonchev–Trinajstić information content (AvgIpc) is 3.06. The van der Waals surface area contributed by atoms with Gasteiger partial charge in [0.25, 0.3) is 5.91 Å². The second-order valence-electron chi connectivity index (χ2n) is 8.14. The van der Waals surface area contributed by atoms with Crippen molar-refractivity contribution in [2.75, 3.05) is 38.3 Å². The maximum Gasteiger partial charge on any atom is 0.288 e. The number of amides is 1. The Morgan fingerprint density at radius 3 is 2.73 bits per heavy atom. The highest BCUT2D eigenvalue weighted by Gasteiger charge is 2.36. The number of hydrogen-bond acceptors (Lipinski definition) is 6. The first kappa shape index (κ1) is 19.0. The number of nitrogens with one attached hydrogen (secondary N) is 2. The van der Waals surface area contributed by atoms with Crippen molar-refractivity contribution < 1.29 is 9.53 Å². The molecule has 0 spiro atoms. The molecule has 2 aliphatic heterocycles. The summed E-state index contributed by atoms with van der Waals surface area (Å²) in [6, 6.07) is 0.895. The lowest BCUT2D eigenvalue weighted by Gasteiger charge is -2.40. The van der Waals surface area contributed by atoms with E-state index < -0.39 is 0 Å². The van der Waals surface area contributed by atoms with Gasteiger partial charge in [-0.15, -0.1) is 0 Å². The standard InChI is InChI=1S/C19H31N5O2/c1-12-13(2)21-16(18(25)20-5)23-17(12)24-8-6-14(10-24)22-15-7-9-26-11-19(15,3)4/h14-15,22H,6-11H2,1-5H3,(H,20,25)/t14-,15?/m1/s1. The zero-order valence-corrected chi connectivity index (χ0v) is 16.6. The van der Waals surface area contributed by atoms with Gasteiger partial charge in [0.05, 0.1) is 6.61 Å². The predicted molar refractivity (Wildman–Crippen MR) is 102 cm³/mol. The van der Waals surface area contributed by atoms with E-state index in [-0.39, 0.29) is 17.1 Å². The molecule has 0 saturated carbocycles. The van der Waals surface area contributed by atoms with E-state index in [0.717, 1.165) is 56.2 Å². The van der Waals surface area contributed by atoms with Crippen molar-refractivity contribution in [3.63, 3.8) is 0 Å². The van der Waals surface area contributed by atoms with E-state index in [1.807, 2.05) is 13.8 Å². The fourth-order valence-electron chi connectivity index (χ4n) is 3.84. The molecule has 2 N–H and O–H groups in total. The third-order valence-electron chi connectivity index (χ3n) is 5.69. The van der Waals surface area contributed by atoms with Crippen LogP contribution in [0.3, 0.4) is 0 Å². The van der Waals surface area contributed by atoms with Crippen LogP contribution in [0.1, 0.15) is 48.6 Å². The largest absolute Gasteiger partial charge is 0.381 e. The van der Waals surface area contributed by atoms with Crippen molar-refractivity contribution in [1.29, 1.82) is 0 Å². The third-order valence-corrected chi connectivity index (χ3v) is 5.69. The van der Waals surface area contributed by atoms with Crippen molar-refractivity contribution in [2.24, 2.45) is 5.41 Å². The summed E-state index contributed by atoms with van der Waals surface area (Å²) in [5.74, 6) is 0.881. The van der Waals surface area contributed by atoms with Gasteiger partial charge >= 0.3 is 0 Å². The minimum Gasteiger partial charge on any atom is -0.381 e. The quantitative estimate of drug-likeness (QED) is 0.845. The lowest BCUT2D eigenvalue weighted by Crippen LogP contribution is -2.52. The van der Waals surface area contributed by atoms with Gasteiger partial charge in [-0.25, -0.2) is 9.97 Å². The number of aromatic nitrogens is 2. The van der Waals surface area contributed by atoms with E-state index in [1.165, 1.54) is 0 Å². The van der Waals surface area contributed by atoms with Gasteiger partial charge in [0, 0.05) is 55.5 Å². The van der Waals surface area contributed by atoms with Crippen LogP contribution in [0.4, 0.5) is 5.82 Å². The molecule has 2 fully saturated rings. The first-order valence-electron chi connectivity index (χ1n) is 9.48. The van der Waals surface area contributed by atoms with Gasteiger partial charge in [-0.05, 0) is 26.7 Å². The number of hydrogen-bond donors (Lipinski definition) is 2. The summed E-state index contributed by atoms with van der Waals surface area (Å²) >= 11 is 0. The molecule has 0 bridgehead atoms. The van der Waals surface area contributed by atoms with Crippen LogP contribution in [0.5, 0.6) is 0 Å². The van der Waals surface area contributed by atoms with Crippen LogP contribution in [0.15, 0.2) is 0 Å². The molecule has 2 atom stereocenters. The van der Waals surface area contributed by atoms with Gasteiger partial charge in [0.1, 0.15) is 5.82 Å². The average molecular weight is 361 g/mol. The molecule has 26 heavy (non-hydrogen) atoms. The fraction of sp³-hybridized carbons (Fsp3) is 0.737. The Hall–Kier alpha value is -1.73. The topological polar surface area (TPSA) is 79.4 Å². The Kier molecular flexibility index (Phi) is 5.48. The molecule has 1 amide bonds. The highest BCUT2D eigenvalue weighted by molar-refractivity contribution is 5.90. The summed E-state index contributed by atoms with van der Waals surface area (Å²) in [5.41, 5.74) is 2.06. The number of aryl methyl sites for hydroxylation is 1. The van der Waals surface area contributed by atoms with Crippen molar-refractivity contribution in [1.82, 2.24) is 20.6 Å². The van der Waals surface area contributed by atoms with E-state index in [2.05, 4.69) is 39.3 Å². The summed E-state index contributed by atoms with van der Waals surface area (Å²) in [4.78, 5) is 23.1. The van der Waals surface area contributed by atoms with Gasteiger partial charge in [-0.3, -0.25) is 4.79 Å². The van der Waals surface area contributed by atoms with Gasteiger partial charge in [0.15, 0.2) is 0 Å². The molecule has 2 saturated heterocycles. The molecule has 0 aromatic carbocycles. The predicted octanol–water partition coefficient (Wildman–Crippen LogP) is 1.44. The van der Waals surface area contributed by atoms with E-state index in [0.29, 0.717) is 12.1 Å². The number of rotatable bonds is 4. The Balaban J connectivity index is 1.72. The lowest BCUT2D eigenvalue weighted by atomic mass is 9.81. The van der Waals surface area contributed by atoms with Crippen LogP contribution in [-0.4, -0.2) is 61.3 Å². The van der Waals surface area contributed by atoms with Gasteiger partial charge in [-0.1, -0.05) is 13.8 Å². The van der Waals surface area contributed by atoms with Gasteiger partial charge in [0.2, 0.25) is 5.82 Å². The zero-order valence-electron chi connectivity index (χ0n) is 16.6. The molecule has 3 rings (SSSR count). The summed E-state index contributed by atoms with van der Waals surface area (Å²) in [5, 5.41) is 6.46. The van der Waals surface area contributed by atoms with Crippen molar-refractivity contribution >= 4 is 11.7 Å². The maximum absolute atomic E-state index is 12.0. The van der Waals surface area contributed by atoms with E-state index in [1.54, 1.807) is 7.05 Å². The molecule has 144 valence electrons. The minimum absolute atomic E-state index is 0.152. The van der Waals surface area contributed by atoms with Crippen molar-refractivity contribution in [3.8, 4) is 0 Å². The number of carbonyl (C=O) groups is 1. The van der Waals surface area contributed by atoms with E-state index in [9.17, 15) is 4.79 Å². The van der Waals surface area contributed by atoms with Crippen LogP contribution < -0.4 is 15.5 Å². The Morgan fingerprint density at radius 2 is 2.04 bits per heavy atom. The molecular weight excluding hydrogens is 330 g/mol. The molecule has 1 aromatic rings. The Bertz CT molecular complexity index is 676. The monoisotopic (exact) mass is 361 g/mol. The van der Waals surface area contributed by atoms with Crippen molar-refractivity contribution in [3.05, 3.63) is 17.1 Å². The number of ether oxygens (including phenoxy) is 1. The molecule has 1 unspecified atom stereocenters. The van der Waals surface area contributed by atoms with E-state index >= 15 is 0 Å². The third kappa shape index (κ3) is 3.83. The van der Waals surface area contributed by atoms with Crippen LogP contribution >= 0.6 is 0 Å². The summed E-state index contributed by atoms with van der Waals surface area (Å²) in [6.45, 7) is 12.0. The normalized spacial score (nSPS) is 25.3. The summed E-state index contributed by atoms with van der Waals surface area (Å²) in [7, 11) is 1.60. The van der Waals surface area contributed by atoms with Gasteiger partial charge < -0.3 is 20.3 Å². The first-order valence-corrected chi connectivity index (χ1v) is 9.48. The maximum atomic E-state index is 12.0. The molecule has 3 heterocycles. The molecule has 7 heteroatoms. The SMILES string of the molecule is CNC(=O)c1nc(C)c(C)c(N2CC[C@@H](NC3CCOCC3(C)C)C2)n1. The van der Waals surface area contributed by atoms with Crippen molar-refractivity contribution in [2.45, 2.75) is 52.6 Å². The first-order chi connectivity index (χ1) is 12.3. The van der Waals surface area contributed by atoms with Gasteiger partial charge in [-0.2, -0.15) is 0 Å². The minimum atomic E-state index is -0.243. The zero-order chi connectivity index (χ0) is 18.9. The fourth-order valence-corrected chi connectivity index (χ4v) is 3.84. The number of anilines is 1. The molecule has 0 radical (unpaired) electrons.